The molecule has 0 radical (unpaired) electrons. The molecular formula is C22H33N3O3. The van der Waals surface area contributed by atoms with Gasteiger partial charge < -0.3 is 19.8 Å². The van der Waals surface area contributed by atoms with E-state index in [1.165, 1.54) is 12.8 Å². The maximum atomic E-state index is 12.3. The zero-order valence-corrected chi connectivity index (χ0v) is 17.7. The summed E-state index contributed by atoms with van der Waals surface area (Å²) >= 11 is 0. The predicted octanol–water partition coefficient (Wildman–Crippen LogP) is 5.62. The first-order valence-electron chi connectivity index (χ1n) is 10.0. The van der Waals surface area contributed by atoms with E-state index in [1.807, 2.05) is 45.0 Å². The molecule has 2 N–H and O–H groups in total. The van der Waals surface area contributed by atoms with E-state index in [9.17, 15) is 4.79 Å². The van der Waals surface area contributed by atoms with Crippen LogP contribution in [-0.2, 0) is 4.74 Å². The van der Waals surface area contributed by atoms with Gasteiger partial charge in [-0.1, -0.05) is 44.7 Å². The molecule has 0 aliphatic rings. The Kier molecular flexibility index (Phi) is 7.91. The fourth-order valence-electron chi connectivity index (χ4n) is 3.02. The molecule has 154 valence electrons. The maximum absolute atomic E-state index is 12.3. The first-order chi connectivity index (χ1) is 13.3. The van der Waals surface area contributed by atoms with Gasteiger partial charge in [-0.2, -0.15) is 0 Å². The first-order valence-corrected chi connectivity index (χ1v) is 10.0. The van der Waals surface area contributed by atoms with Gasteiger partial charge in [0.25, 0.3) is 0 Å². The summed E-state index contributed by atoms with van der Waals surface area (Å²) in [6, 6.07) is 7.56. The van der Waals surface area contributed by atoms with Gasteiger partial charge in [0, 0.05) is 5.56 Å². The summed E-state index contributed by atoms with van der Waals surface area (Å²) < 4.78 is 10.9. The lowest BCUT2D eigenvalue weighted by molar-refractivity contribution is 0.0498. The van der Waals surface area contributed by atoms with Crippen molar-refractivity contribution in [2.45, 2.75) is 71.4 Å². The van der Waals surface area contributed by atoms with E-state index in [0.717, 1.165) is 42.1 Å². The van der Waals surface area contributed by atoms with Gasteiger partial charge in [-0.05, 0) is 39.3 Å². The van der Waals surface area contributed by atoms with Crippen molar-refractivity contribution >= 4 is 6.09 Å². The third-order valence-electron chi connectivity index (χ3n) is 4.36. The minimum absolute atomic E-state index is 0.227. The van der Waals surface area contributed by atoms with E-state index in [1.54, 1.807) is 13.3 Å². The highest BCUT2D eigenvalue weighted by molar-refractivity contribution is 5.69. The molecule has 1 unspecified atom stereocenters. The third-order valence-corrected chi connectivity index (χ3v) is 4.36. The second-order valence-electron chi connectivity index (χ2n) is 7.93. The summed E-state index contributed by atoms with van der Waals surface area (Å²) in [6.45, 7) is 7.75. The molecule has 0 aliphatic heterocycles. The number of aromatic amines is 1. The number of carbonyl (C=O) groups is 1. The molecular weight excluding hydrogens is 354 g/mol. The second-order valence-corrected chi connectivity index (χ2v) is 7.93. The first kappa shape index (κ1) is 21.8. The number of alkyl carbamates (subject to hydrolysis) is 1. The molecule has 1 aromatic heterocycles. The van der Waals surface area contributed by atoms with Crippen molar-refractivity contribution in [3.8, 4) is 17.0 Å². The van der Waals surface area contributed by atoms with Crippen LogP contribution in [0.1, 0.15) is 71.7 Å². The van der Waals surface area contributed by atoms with Crippen molar-refractivity contribution in [2.75, 3.05) is 7.11 Å². The Labute approximate surface area is 168 Å². The van der Waals surface area contributed by atoms with Crippen molar-refractivity contribution in [2.24, 2.45) is 0 Å². The van der Waals surface area contributed by atoms with Crippen LogP contribution in [0, 0.1) is 0 Å². The summed E-state index contributed by atoms with van der Waals surface area (Å²) in [5.74, 6) is 1.50. The molecule has 2 aromatic rings. The molecule has 0 spiro atoms. The van der Waals surface area contributed by atoms with Gasteiger partial charge in [-0.3, -0.25) is 0 Å². The molecule has 6 nitrogen and oxygen atoms in total. The van der Waals surface area contributed by atoms with Gasteiger partial charge in [0.05, 0.1) is 25.0 Å². The van der Waals surface area contributed by atoms with Crippen LogP contribution >= 0.6 is 0 Å². The molecule has 1 atom stereocenters. The van der Waals surface area contributed by atoms with Gasteiger partial charge in [-0.25, -0.2) is 9.78 Å². The summed E-state index contributed by atoms with van der Waals surface area (Å²) in [7, 11) is 1.65. The average Bonchev–Trinajstić information content (AvgIpc) is 3.12. The van der Waals surface area contributed by atoms with Crippen molar-refractivity contribution in [1.29, 1.82) is 0 Å². The van der Waals surface area contributed by atoms with Crippen LogP contribution in [0.5, 0.6) is 5.75 Å². The van der Waals surface area contributed by atoms with Gasteiger partial charge in [0.2, 0.25) is 0 Å². The van der Waals surface area contributed by atoms with Crippen LogP contribution in [0.4, 0.5) is 4.79 Å². The smallest absolute Gasteiger partial charge is 0.408 e. The number of nitrogens with one attached hydrogen (secondary N) is 2. The second kappa shape index (κ2) is 10.2. The highest BCUT2D eigenvalue weighted by atomic mass is 16.6. The number of rotatable bonds is 9. The minimum Gasteiger partial charge on any atom is -0.496 e. The maximum Gasteiger partial charge on any atom is 0.408 e. The normalized spacial score (nSPS) is 12.5. The quantitative estimate of drug-likeness (QED) is 0.547. The van der Waals surface area contributed by atoms with E-state index in [2.05, 4.69) is 22.2 Å². The lowest BCUT2D eigenvalue weighted by atomic mass is 10.1. The molecule has 0 bridgehead atoms. The van der Waals surface area contributed by atoms with Crippen LogP contribution in [0.2, 0.25) is 0 Å². The Hall–Kier alpha value is -2.50. The SMILES string of the molecule is CCCCCCC(NC(=O)OC(C)(C)C)c1ncc(-c2ccccc2OC)[nH]1. The van der Waals surface area contributed by atoms with Gasteiger partial charge in [-0.15, -0.1) is 0 Å². The van der Waals surface area contributed by atoms with E-state index in [-0.39, 0.29) is 6.04 Å². The van der Waals surface area contributed by atoms with Crippen LogP contribution < -0.4 is 10.1 Å². The summed E-state index contributed by atoms with van der Waals surface area (Å²) in [4.78, 5) is 20.2. The van der Waals surface area contributed by atoms with Gasteiger partial charge in [0.1, 0.15) is 17.2 Å². The van der Waals surface area contributed by atoms with Gasteiger partial charge >= 0.3 is 6.09 Å². The fourth-order valence-corrected chi connectivity index (χ4v) is 3.02. The van der Waals surface area contributed by atoms with Gasteiger partial charge in [0.15, 0.2) is 0 Å². The number of aromatic nitrogens is 2. The lowest BCUT2D eigenvalue weighted by Gasteiger charge is -2.23. The van der Waals surface area contributed by atoms with E-state index >= 15 is 0 Å². The number of hydrogen-bond acceptors (Lipinski definition) is 4. The molecule has 0 saturated heterocycles. The molecule has 6 heteroatoms. The van der Waals surface area contributed by atoms with Crippen molar-refractivity contribution in [3.63, 3.8) is 0 Å². The molecule has 2 rings (SSSR count). The zero-order valence-electron chi connectivity index (χ0n) is 17.7. The molecule has 1 aromatic carbocycles. The number of nitrogens with zero attached hydrogens (tertiary/aromatic N) is 1. The summed E-state index contributed by atoms with van der Waals surface area (Å²) in [6.07, 6.45) is 6.65. The number of unbranched alkanes of at least 4 members (excludes halogenated alkanes) is 3. The number of benzene rings is 1. The number of imidazole rings is 1. The number of carbonyl (C=O) groups excluding carboxylic acids is 1. The number of hydrogen-bond donors (Lipinski definition) is 2. The Bertz CT molecular complexity index is 749. The number of para-hydroxylation sites is 1. The number of methoxy groups -OCH3 is 1. The third kappa shape index (κ3) is 6.59. The zero-order chi connectivity index (χ0) is 20.6. The summed E-state index contributed by atoms with van der Waals surface area (Å²) in [5.41, 5.74) is 1.26. The minimum atomic E-state index is -0.539. The number of amides is 1. The average molecular weight is 388 g/mol. The van der Waals surface area contributed by atoms with E-state index < -0.39 is 11.7 Å². The van der Waals surface area contributed by atoms with E-state index in [4.69, 9.17) is 9.47 Å². The van der Waals surface area contributed by atoms with E-state index in [0.29, 0.717) is 0 Å². The monoisotopic (exact) mass is 387 g/mol. The standard InChI is InChI=1S/C22H33N3O3/c1-6-7-8-9-13-17(25-21(26)28-22(2,3)4)20-23-15-18(24-20)16-12-10-11-14-19(16)27-5/h10-12,14-15,17H,6-9,13H2,1-5H3,(H,23,24)(H,25,26). The molecule has 1 amide bonds. The highest BCUT2D eigenvalue weighted by Gasteiger charge is 2.22. The van der Waals surface area contributed by atoms with Crippen molar-refractivity contribution in [3.05, 3.63) is 36.3 Å². The Balaban J connectivity index is 2.17. The van der Waals surface area contributed by atoms with Crippen LogP contribution in [0.3, 0.4) is 0 Å². The predicted molar refractivity (Wildman–Crippen MR) is 111 cm³/mol. The fraction of sp³-hybridized carbons (Fsp3) is 0.545. The topological polar surface area (TPSA) is 76.2 Å². The lowest BCUT2D eigenvalue weighted by Crippen LogP contribution is -2.35. The molecule has 0 saturated carbocycles. The summed E-state index contributed by atoms with van der Waals surface area (Å²) in [5, 5.41) is 2.97. The molecule has 0 aliphatic carbocycles. The highest BCUT2D eigenvalue weighted by Crippen LogP contribution is 2.29. The molecule has 0 fully saturated rings. The Morgan fingerprint density at radius 2 is 1.96 bits per heavy atom. The number of H-pyrrole nitrogens is 1. The Morgan fingerprint density at radius 1 is 1.21 bits per heavy atom. The van der Waals surface area contributed by atoms with Crippen LogP contribution in [0.25, 0.3) is 11.3 Å². The Morgan fingerprint density at radius 3 is 2.64 bits per heavy atom. The number of ether oxygens (including phenoxy) is 2. The molecule has 1 heterocycles. The van der Waals surface area contributed by atoms with Crippen molar-refractivity contribution in [1.82, 2.24) is 15.3 Å². The van der Waals surface area contributed by atoms with Crippen LogP contribution in [0.15, 0.2) is 30.5 Å². The molecule has 28 heavy (non-hydrogen) atoms. The largest absolute Gasteiger partial charge is 0.496 e. The van der Waals surface area contributed by atoms with Crippen molar-refractivity contribution < 1.29 is 14.3 Å². The van der Waals surface area contributed by atoms with Crippen LogP contribution in [-0.4, -0.2) is 28.8 Å².